The first-order chi connectivity index (χ1) is 10.9. The van der Waals surface area contributed by atoms with E-state index < -0.39 is 6.43 Å². The van der Waals surface area contributed by atoms with Gasteiger partial charge in [-0.3, -0.25) is 4.68 Å². The van der Waals surface area contributed by atoms with Crippen molar-refractivity contribution in [3.8, 4) is 0 Å². The Labute approximate surface area is 148 Å². The van der Waals surface area contributed by atoms with Crippen LogP contribution in [0, 0.1) is 6.92 Å². The predicted octanol–water partition coefficient (Wildman–Crippen LogP) is 7.16. The zero-order valence-corrected chi connectivity index (χ0v) is 16.6. The summed E-state index contributed by atoms with van der Waals surface area (Å²) in [4.78, 5) is 0. The average molecular weight is 393 g/mol. The van der Waals surface area contributed by atoms with E-state index in [9.17, 15) is 8.78 Å². The maximum Gasteiger partial charge on any atom is 0.282 e. The van der Waals surface area contributed by atoms with Crippen molar-refractivity contribution in [2.45, 2.75) is 97.4 Å². The fourth-order valence-corrected chi connectivity index (χ4v) is 3.77. The van der Waals surface area contributed by atoms with Gasteiger partial charge in [-0.25, -0.2) is 8.78 Å². The highest BCUT2D eigenvalue weighted by Crippen LogP contribution is 2.36. The molecule has 1 rings (SSSR count). The van der Waals surface area contributed by atoms with Gasteiger partial charge in [0.2, 0.25) is 0 Å². The van der Waals surface area contributed by atoms with Crippen LogP contribution < -0.4 is 0 Å². The van der Waals surface area contributed by atoms with Crippen LogP contribution in [-0.2, 0) is 5.54 Å². The molecule has 0 aliphatic heterocycles. The molecule has 0 saturated heterocycles. The van der Waals surface area contributed by atoms with E-state index in [1.54, 1.807) is 6.92 Å². The van der Waals surface area contributed by atoms with Gasteiger partial charge in [-0.15, -0.1) is 0 Å². The lowest BCUT2D eigenvalue weighted by atomic mass is 9.88. The number of halogens is 3. The van der Waals surface area contributed by atoms with Crippen molar-refractivity contribution in [1.29, 1.82) is 0 Å². The fraction of sp³-hybridized carbons (Fsp3) is 0.833. The van der Waals surface area contributed by atoms with Crippen molar-refractivity contribution in [3.05, 3.63) is 15.9 Å². The molecule has 2 nitrogen and oxygen atoms in total. The zero-order valence-electron chi connectivity index (χ0n) is 15.0. The maximum absolute atomic E-state index is 13.2. The Balaban J connectivity index is 2.93. The molecule has 5 heteroatoms. The van der Waals surface area contributed by atoms with E-state index in [-0.39, 0.29) is 11.2 Å². The van der Waals surface area contributed by atoms with Gasteiger partial charge in [-0.2, -0.15) is 5.10 Å². The van der Waals surface area contributed by atoms with Crippen molar-refractivity contribution in [1.82, 2.24) is 9.78 Å². The van der Waals surface area contributed by atoms with E-state index in [1.807, 2.05) is 4.68 Å². The zero-order chi connectivity index (χ0) is 17.5. The van der Waals surface area contributed by atoms with Crippen LogP contribution in [0.5, 0.6) is 0 Å². The number of unbranched alkanes of at least 4 members (excludes halogenated alkanes) is 5. The summed E-state index contributed by atoms with van der Waals surface area (Å²) in [5.74, 6) is 0. The van der Waals surface area contributed by atoms with E-state index in [0.29, 0.717) is 10.2 Å². The van der Waals surface area contributed by atoms with E-state index in [0.717, 1.165) is 32.1 Å². The van der Waals surface area contributed by atoms with Crippen LogP contribution in [0.4, 0.5) is 8.78 Å². The van der Waals surface area contributed by atoms with Gasteiger partial charge in [-0.05, 0) is 42.6 Å². The maximum atomic E-state index is 13.2. The van der Waals surface area contributed by atoms with Crippen molar-refractivity contribution in [2.75, 3.05) is 0 Å². The molecule has 0 aromatic carbocycles. The van der Waals surface area contributed by atoms with Crippen molar-refractivity contribution >= 4 is 15.9 Å². The first kappa shape index (κ1) is 20.6. The van der Waals surface area contributed by atoms with Gasteiger partial charge < -0.3 is 0 Å². The van der Waals surface area contributed by atoms with Gasteiger partial charge in [0.1, 0.15) is 10.3 Å². The van der Waals surface area contributed by atoms with Crippen LogP contribution in [0.1, 0.15) is 96.2 Å². The van der Waals surface area contributed by atoms with E-state index >= 15 is 0 Å². The second kappa shape index (κ2) is 9.75. The molecule has 0 spiro atoms. The lowest BCUT2D eigenvalue weighted by Crippen LogP contribution is -2.31. The van der Waals surface area contributed by atoms with Crippen molar-refractivity contribution in [3.63, 3.8) is 0 Å². The molecule has 1 atom stereocenters. The molecule has 1 aromatic heterocycles. The third-order valence-electron chi connectivity index (χ3n) is 4.69. The molecule has 134 valence electrons. The van der Waals surface area contributed by atoms with Crippen molar-refractivity contribution in [2.24, 2.45) is 0 Å². The summed E-state index contributed by atoms with van der Waals surface area (Å²) in [5, 5.41) is 4.27. The van der Waals surface area contributed by atoms with Crippen LogP contribution in [-0.4, -0.2) is 9.78 Å². The molecule has 0 bridgehead atoms. The SMILES string of the molecule is CCCCCCCC(C)(CCCC)n1nc(C(F)F)c(C)c1Br. The van der Waals surface area contributed by atoms with Gasteiger partial charge in [0.25, 0.3) is 6.43 Å². The van der Waals surface area contributed by atoms with Crippen LogP contribution in [0.25, 0.3) is 0 Å². The predicted molar refractivity (Wildman–Crippen MR) is 96.2 cm³/mol. The molecular weight excluding hydrogens is 362 g/mol. The molecule has 1 aromatic rings. The monoisotopic (exact) mass is 392 g/mol. The molecule has 0 saturated carbocycles. The summed E-state index contributed by atoms with van der Waals surface area (Å²) < 4.78 is 28.8. The number of aromatic nitrogens is 2. The molecule has 0 N–H and O–H groups in total. The first-order valence-electron chi connectivity index (χ1n) is 8.91. The minimum absolute atomic E-state index is 0.0921. The number of hydrogen-bond acceptors (Lipinski definition) is 1. The normalized spacial score (nSPS) is 14.4. The minimum atomic E-state index is -2.52. The Morgan fingerprint density at radius 2 is 1.61 bits per heavy atom. The fourth-order valence-electron chi connectivity index (χ4n) is 3.06. The Bertz CT molecular complexity index is 474. The number of rotatable bonds is 11. The Morgan fingerprint density at radius 3 is 2.13 bits per heavy atom. The van der Waals surface area contributed by atoms with E-state index in [1.165, 1.54) is 25.7 Å². The Kier molecular flexibility index (Phi) is 8.73. The van der Waals surface area contributed by atoms with E-state index in [4.69, 9.17) is 0 Å². The lowest BCUT2D eigenvalue weighted by molar-refractivity contribution is 0.140. The van der Waals surface area contributed by atoms with Crippen LogP contribution >= 0.6 is 15.9 Å². The molecule has 0 radical (unpaired) electrons. The topological polar surface area (TPSA) is 17.8 Å². The largest absolute Gasteiger partial charge is 0.282 e. The number of nitrogens with zero attached hydrogens (tertiary/aromatic N) is 2. The standard InChI is InChI=1S/C18H31BrF2N2/c1-5-7-9-10-11-13-18(4,12-8-6-2)23-16(19)14(3)15(22-23)17(20)21/h17H,5-13H2,1-4H3. The molecule has 0 amide bonds. The average Bonchev–Trinajstić information content (AvgIpc) is 2.82. The Morgan fingerprint density at radius 1 is 1.04 bits per heavy atom. The highest BCUT2D eigenvalue weighted by Gasteiger charge is 2.31. The molecular formula is C18H31BrF2N2. The third kappa shape index (κ3) is 5.54. The van der Waals surface area contributed by atoms with Gasteiger partial charge >= 0.3 is 0 Å². The Hall–Kier alpha value is -0.450. The highest BCUT2D eigenvalue weighted by molar-refractivity contribution is 9.10. The smallest absolute Gasteiger partial charge is 0.252 e. The summed E-state index contributed by atoms with van der Waals surface area (Å²) in [5.41, 5.74) is 0.276. The molecule has 0 aliphatic carbocycles. The van der Waals surface area contributed by atoms with Gasteiger partial charge in [0.15, 0.2) is 0 Å². The van der Waals surface area contributed by atoms with Crippen LogP contribution in [0.3, 0.4) is 0 Å². The highest BCUT2D eigenvalue weighted by atomic mass is 79.9. The summed E-state index contributed by atoms with van der Waals surface area (Å²) in [7, 11) is 0. The van der Waals surface area contributed by atoms with Crippen LogP contribution in [0.15, 0.2) is 4.60 Å². The molecule has 1 unspecified atom stereocenters. The van der Waals surface area contributed by atoms with Gasteiger partial charge in [0, 0.05) is 5.56 Å². The van der Waals surface area contributed by atoms with Crippen LogP contribution in [0.2, 0.25) is 0 Å². The minimum Gasteiger partial charge on any atom is -0.252 e. The molecule has 0 fully saturated rings. The number of alkyl halides is 2. The third-order valence-corrected chi connectivity index (χ3v) is 5.62. The summed E-state index contributed by atoms with van der Waals surface area (Å²) in [6.45, 7) is 8.25. The van der Waals surface area contributed by atoms with Gasteiger partial charge in [-0.1, -0.05) is 58.8 Å². The second-order valence-electron chi connectivity index (χ2n) is 6.78. The number of hydrogen-bond donors (Lipinski definition) is 0. The summed E-state index contributed by atoms with van der Waals surface area (Å²) in [6, 6.07) is 0. The summed E-state index contributed by atoms with van der Waals surface area (Å²) >= 11 is 3.50. The second-order valence-corrected chi connectivity index (χ2v) is 7.53. The van der Waals surface area contributed by atoms with E-state index in [2.05, 4.69) is 41.8 Å². The van der Waals surface area contributed by atoms with Crippen molar-refractivity contribution < 1.29 is 8.78 Å². The summed E-state index contributed by atoms with van der Waals surface area (Å²) in [6.07, 6.45) is 7.70. The quantitative estimate of drug-likeness (QED) is 0.365. The first-order valence-corrected chi connectivity index (χ1v) is 9.70. The van der Waals surface area contributed by atoms with Gasteiger partial charge in [0.05, 0.1) is 5.54 Å². The molecule has 0 aliphatic rings. The lowest BCUT2D eigenvalue weighted by Gasteiger charge is -2.31. The molecule has 23 heavy (non-hydrogen) atoms. The molecule has 1 heterocycles.